The third kappa shape index (κ3) is 1.21. The standard InChI is InChI=1S/C6H4BrN3S/c7-4-2-1-3-5(9-4)10-6(11)8-3/h1-2H,(H2,8,9,10,11). The normalized spacial score (nSPS) is 10.6. The van der Waals surface area contributed by atoms with Crippen molar-refractivity contribution in [2.75, 3.05) is 0 Å². The topological polar surface area (TPSA) is 44.5 Å². The molecule has 2 heterocycles. The van der Waals surface area contributed by atoms with Gasteiger partial charge in [-0.15, -0.1) is 0 Å². The average molecular weight is 230 g/mol. The molecule has 56 valence electrons. The van der Waals surface area contributed by atoms with Gasteiger partial charge in [0.25, 0.3) is 0 Å². The van der Waals surface area contributed by atoms with Crippen LogP contribution in [0.3, 0.4) is 0 Å². The van der Waals surface area contributed by atoms with Crippen LogP contribution in [0.2, 0.25) is 0 Å². The van der Waals surface area contributed by atoms with E-state index in [1.54, 1.807) is 0 Å². The molecule has 0 saturated heterocycles. The van der Waals surface area contributed by atoms with Crippen LogP contribution in [0, 0.1) is 4.77 Å². The molecule has 0 aliphatic carbocycles. The molecule has 2 N–H and O–H groups in total. The Morgan fingerprint density at radius 1 is 1.36 bits per heavy atom. The van der Waals surface area contributed by atoms with Gasteiger partial charge in [0.1, 0.15) is 4.60 Å². The van der Waals surface area contributed by atoms with Gasteiger partial charge >= 0.3 is 0 Å². The first kappa shape index (κ1) is 7.00. The van der Waals surface area contributed by atoms with Crippen molar-refractivity contribution in [3.8, 4) is 0 Å². The number of nitrogens with one attached hydrogen (secondary N) is 2. The van der Waals surface area contributed by atoms with Crippen LogP contribution >= 0.6 is 28.1 Å². The molecular formula is C6H4BrN3S. The molecular weight excluding hydrogens is 226 g/mol. The minimum absolute atomic E-state index is 0.602. The van der Waals surface area contributed by atoms with E-state index >= 15 is 0 Å². The Balaban J connectivity index is 2.92. The zero-order chi connectivity index (χ0) is 7.84. The first-order valence-corrected chi connectivity index (χ1v) is 4.20. The summed E-state index contributed by atoms with van der Waals surface area (Å²) in [5.41, 5.74) is 1.71. The van der Waals surface area contributed by atoms with Gasteiger partial charge in [-0.1, -0.05) is 0 Å². The van der Waals surface area contributed by atoms with Crippen LogP contribution in [0.1, 0.15) is 0 Å². The third-order valence-corrected chi connectivity index (χ3v) is 1.99. The van der Waals surface area contributed by atoms with Crippen LogP contribution in [-0.2, 0) is 0 Å². The second-order valence-electron chi connectivity index (χ2n) is 2.11. The summed E-state index contributed by atoms with van der Waals surface area (Å²) in [7, 11) is 0. The molecule has 0 amide bonds. The lowest BCUT2D eigenvalue weighted by Crippen LogP contribution is -1.76. The summed E-state index contributed by atoms with van der Waals surface area (Å²) in [6.07, 6.45) is 0. The van der Waals surface area contributed by atoms with E-state index in [0.717, 1.165) is 15.8 Å². The maximum atomic E-state index is 4.89. The fourth-order valence-corrected chi connectivity index (χ4v) is 1.41. The molecule has 0 aromatic carbocycles. The van der Waals surface area contributed by atoms with Gasteiger partial charge in [0, 0.05) is 0 Å². The Labute approximate surface area is 76.0 Å². The highest BCUT2D eigenvalue weighted by molar-refractivity contribution is 9.10. The molecule has 0 unspecified atom stereocenters. The zero-order valence-corrected chi connectivity index (χ0v) is 7.79. The van der Waals surface area contributed by atoms with Gasteiger partial charge in [0.05, 0.1) is 5.52 Å². The van der Waals surface area contributed by atoms with Crippen LogP contribution in [0.25, 0.3) is 11.2 Å². The largest absolute Gasteiger partial charge is 0.329 e. The van der Waals surface area contributed by atoms with Crippen molar-refractivity contribution >= 4 is 39.3 Å². The van der Waals surface area contributed by atoms with Crippen molar-refractivity contribution < 1.29 is 0 Å². The van der Waals surface area contributed by atoms with E-state index in [1.165, 1.54) is 0 Å². The van der Waals surface area contributed by atoms with E-state index in [4.69, 9.17) is 12.2 Å². The highest BCUT2D eigenvalue weighted by Gasteiger charge is 1.96. The number of hydrogen-bond acceptors (Lipinski definition) is 2. The van der Waals surface area contributed by atoms with E-state index in [2.05, 4.69) is 30.9 Å². The summed E-state index contributed by atoms with van der Waals surface area (Å²) in [5, 5.41) is 0. The molecule has 0 atom stereocenters. The maximum absolute atomic E-state index is 4.89. The summed E-state index contributed by atoms with van der Waals surface area (Å²) in [5.74, 6) is 0. The molecule has 2 aromatic heterocycles. The molecule has 0 saturated carbocycles. The van der Waals surface area contributed by atoms with E-state index in [9.17, 15) is 0 Å². The van der Waals surface area contributed by atoms with Crippen molar-refractivity contribution in [3.63, 3.8) is 0 Å². The second-order valence-corrected chi connectivity index (χ2v) is 3.33. The Kier molecular flexibility index (Phi) is 1.54. The summed E-state index contributed by atoms with van der Waals surface area (Å²) in [6, 6.07) is 3.78. The fourth-order valence-electron chi connectivity index (χ4n) is 0.893. The molecule has 0 spiro atoms. The molecule has 0 aliphatic heterocycles. The number of imidazole rings is 1. The quantitative estimate of drug-likeness (QED) is 0.539. The Hall–Kier alpha value is -0.680. The van der Waals surface area contributed by atoms with Crippen molar-refractivity contribution in [3.05, 3.63) is 21.5 Å². The van der Waals surface area contributed by atoms with E-state index in [1.807, 2.05) is 12.1 Å². The molecule has 2 aromatic rings. The van der Waals surface area contributed by atoms with Crippen LogP contribution in [-0.4, -0.2) is 15.0 Å². The average Bonchev–Trinajstić information content (AvgIpc) is 2.27. The Morgan fingerprint density at radius 3 is 3.00 bits per heavy atom. The molecule has 0 radical (unpaired) electrons. The monoisotopic (exact) mass is 229 g/mol. The van der Waals surface area contributed by atoms with Crippen molar-refractivity contribution in [1.82, 2.24) is 15.0 Å². The minimum atomic E-state index is 0.602. The lowest BCUT2D eigenvalue weighted by molar-refractivity contribution is 1.26. The SMILES string of the molecule is S=c1[nH]c2ccc(Br)nc2[nH]1. The van der Waals surface area contributed by atoms with Gasteiger partial charge < -0.3 is 9.97 Å². The number of hydrogen-bond donors (Lipinski definition) is 2. The molecule has 2 rings (SSSR count). The zero-order valence-electron chi connectivity index (χ0n) is 5.39. The number of aromatic nitrogens is 3. The summed E-state index contributed by atoms with van der Waals surface area (Å²) in [6.45, 7) is 0. The molecule has 3 nitrogen and oxygen atoms in total. The number of pyridine rings is 1. The summed E-state index contributed by atoms with van der Waals surface area (Å²) >= 11 is 8.15. The minimum Gasteiger partial charge on any atom is -0.329 e. The lowest BCUT2D eigenvalue weighted by Gasteiger charge is -1.87. The first-order valence-electron chi connectivity index (χ1n) is 3.00. The number of aromatic amines is 2. The van der Waals surface area contributed by atoms with Gasteiger partial charge in [0.2, 0.25) is 0 Å². The highest BCUT2D eigenvalue weighted by atomic mass is 79.9. The molecule has 5 heteroatoms. The van der Waals surface area contributed by atoms with Gasteiger partial charge in [-0.25, -0.2) is 4.98 Å². The van der Waals surface area contributed by atoms with Crippen LogP contribution in [0.5, 0.6) is 0 Å². The van der Waals surface area contributed by atoms with Gasteiger partial charge in [-0.3, -0.25) is 0 Å². The van der Waals surface area contributed by atoms with Crippen molar-refractivity contribution in [2.45, 2.75) is 0 Å². The maximum Gasteiger partial charge on any atom is 0.176 e. The van der Waals surface area contributed by atoms with Gasteiger partial charge in [-0.2, -0.15) is 0 Å². The first-order chi connectivity index (χ1) is 5.25. The van der Waals surface area contributed by atoms with Gasteiger partial charge in [-0.05, 0) is 40.3 Å². The van der Waals surface area contributed by atoms with Crippen molar-refractivity contribution in [2.24, 2.45) is 0 Å². The second kappa shape index (κ2) is 2.42. The molecule has 0 aliphatic rings. The molecule has 0 bridgehead atoms. The summed E-state index contributed by atoms with van der Waals surface area (Å²) < 4.78 is 1.40. The lowest BCUT2D eigenvalue weighted by atomic mass is 10.4. The number of H-pyrrole nitrogens is 2. The fraction of sp³-hybridized carbons (Fsp3) is 0. The smallest absolute Gasteiger partial charge is 0.176 e. The Bertz CT molecular complexity index is 444. The van der Waals surface area contributed by atoms with Crippen LogP contribution < -0.4 is 0 Å². The molecule has 11 heavy (non-hydrogen) atoms. The molecule has 0 fully saturated rings. The predicted octanol–water partition coefficient (Wildman–Crippen LogP) is 2.38. The predicted molar refractivity (Wildman–Crippen MR) is 49.0 cm³/mol. The summed E-state index contributed by atoms with van der Waals surface area (Å²) in [4.78, 5) is 10.0. The van der Waals surface area contributed by atoms with E-state index in [-0.39, 0.29) is 0 Å². The third-order valence-electron chi connectivity index (χ3n) is 1.34. The van der Waals surface area contributed by atoms with E-state index < -0.39 is 0 Å². The number of fused-ring (bicyclic) bond motifs is 1. The van der Waals surface area contributed by atoms with Crippen LogP contribution in [0.4, 0.5) is 0 Å². The van der Waals surface area contributed by atoms with E-state index in [0.29, 0.717) is 4.77 Å². The number of halogens is 1. The number of rotatable bonds is 0. The van der Waals surface area contributed by atoms with Crippen molar-refractivity contribution in [1.29, 1.82) is 0 Å². The van der Waals surface area contributed by atoms with Crippen LogP contribution in [0.15, 0.2) is 16.7 Å². The Morgan fingerprint density at radius 2 is 2.18 bits per heavy atom. The number of nitrogens with zero attached hydrogens (tertiary/aromatic N) is 1. The highest BCUT2D eigenvalue weighted by Crippen LogP contribution is 2.11. The van der Waals surface area contributed by atoms with Gasteiger partial charge in [0.15, 0.2) is 10.4 Å².